The highest BCUT2D eigenvalue weighted by Crippen LogP contribution is 2.24. The lowest BCUT2D eigenvalue weighted by atomic mass is 10.1. The fourth-order valence-corrected chi connectivity index (χ4v) is 2.24. The lowest BCUT2D eigenvalue weighted by molar-refractivity contribution is -0.385. The molecular formula is C12H17N3O3. The lowest BCUT2D eigenvalue weighted by Crippen LogP contribution is -2.39. The van der Waals surface area contributed by atoms with Gasteiger partial charge in [0.15, 0.2) is 0 Å². The Bertz CT molecular complexity index is 450. The predicted molar refractivity (Wildman–Crippen MR) is 67.9 cm³/mol. The molecule has 18 heavy (non-hydrogen) atoms. The lowest BCUT2D eigenvalue weighted by Gasteiger charge is -2.32. The van der Waals surface area contributed by atoms with E-state index in [9.17, 15) is 10.1 Å². The van der Waals surface area contributed by atoms with Crippen molar-refractivity contribution >= 4 is 11.5 Å². The van der Waals surface area contributed by atoms with Crippen molar-refractivity contribution in [1.29, 1.82) is 0 Å². The van der Waals surface area contributed by atoms with E-state index in [4.69, 9.17) is 4.74 Å². The summed E-state index contributed by atoms with van der Waals surface area (Å²) in [6, 6.07) is 1.77. The predicted octanol–water partition coefficient (Wildman–Crippen LogP) is 1.91. The second-order valence-electron chi connectivity index (χ2n) is 4.53. The molecule has 1 unspecified atom stereocenters. The first-order valence-corrected chi connectivity index (χ1v) is 6.00. The van der Waals surface area contributed by atoms with Crippen LogP contribution in [0.5, 0.6) is 0 Å². The Kier molecular flexibility index (Phi) is 3.76. The summed E-state index contributed by atoms with van der Waals surface area (Å²) in [6.45, 7) is 3.45. The van der Waals surface area contributed by atoms with Gasteiger partial charge in [0.2, 0.25) is 0 Å². The average Bonchev–Trinajstić information content (AvgIpc) is 2.38. The summed E-state index contributed by atoms with van der Waals surface area (Å²) in [5, 5.41) is 10.7. The van der Waals surface area contributed by atoms with Gasteiger partial charge in [-0.1, -0.05) is 0 Å². The molecule has 2 rings (SSSR count). The molecule has 6 nitrogen and oxygen atoms in total. The number of rotatable bonds is 3. The SMILES string of the molecule is COC1CCCN(c2cc(C)c([N+](=O)[O-])cn2)C1. The van der Waals surface area contributed by atoms with Gasteiger partial charge in [0.1, 0.15) is 12.0 Å². The van der Waals surface area contributed by atoms with E-state index in [1.807, 2.05) is 0 Å². The van der Waals surface area contributed by atoms with E-state index in [0.717, 1.165) is 31.7 Å². The van der Waals surface area contributed by atoms with Gasteiger partial charge in [0, 0.05) is 25.8 Å². The Morgan fingerprint density at radius 2 is 2.39 bits per heavy atom. The minimum Gasteiger partial charge on any atom is -0.380 e. The molecule has 6 heteroatoms. The van der Waals surface area contributed by atoms with E-state index < -0.39 is 4.92 Å². The monoisotopic (exact) mass is 251 g/mol. The van der Waals surface area contributed by atoms with E-state index >= 15 is 0 Å². The highest BCUT2D eigenvalue weighted by Gasteiger charge is 2.22. The number of methoxy groups -OCH3 is 1. The number of aromatic nitrogens is 1. The third-order valence-corrected chi connectivity index (χ3v) is 3.30. The molecule has 1 aromatic heterocycles. The number of nitrogens with zero attached hydrogens (tertiary/aromatic N) is 3. The number of hydrogen-bond acceptors (Lipinski definition) is 5. The zero-order valence-electron chi connectivity index (χ0n) is 10.6. The minimum absolute atomic E-state index is 0.0686. The van der Waals surface area contributed by atoms with Crippen molar-refractivity contribution in [3.63, 3.8) is 0 Å². The fourth-order valence-electron chi connectivity index (χ4n) is 2.24. The molecule has 0 aromatic carbocycles. The average molecular weight is 251 g/mol. The van der Waals surface area contributed by atoms with Crippen LogP contribution < -0.4 is 4.90 Å². The van der Waals surface area contributed by atoms with Crippen molar-refractivity contribution in [2.75, 3.05) is 25.1 Å². The summed E-state index contributed by atoms with van der Waals surface area (Å²) in [5.41, 5.74) is 0.712. The van der Waals surface area contributed by atoms with Gasteiger partial charge >= 0.3 is 0 Å². The Morgan fingerprint density at radius 3 is 3.00 bits per heavy atom. The summed E-state index contributed by atoms with van der Waals surface area (Å²) in [7, 11) is 1.71. The number of pyridine rings is 1. The number of piperidine rings is 1. The molecule has 1 aliphatic heterocycles. The van der Waals surface area contributed by atoms with Crippen molar-refractivity contribution in [3.8, 4) is 0 Å². The maximum absolute atomic E-state index is 10.7. The summed E-state index contributed by atoms with van der Waals surface area (Å²) < 4.78 is 5.36. The van der Waals surface area contributed by atoms with Crippen LogP contribution in [-0.2, 0) is 4.74 Å². The molecule has 1 fully saturated rings. The normalized spacial score (nSPS) is 19.9. The molecule has 0 spiro atoms. The zero-order valence-corrected chi connectivity index (χ0v) is 10.6. The van der Waals surface area contributed by atoms with Crippen LogP contribution in [0.2, 0.25) is 0 Å². The number of hydrogen-bond donors (Lipinski definition) is 0. The highest BCUT2D eigenvalue weighted by atomic mass is 16.6. The topological polar surface area (TPSA) is 68.5 Å². The van der Waals surface area contributed by atoms with Crippen molar-refractivity contribution in [2.45, 2.75) is 25.9 Å². The summed E-state index contributed by atoms with van der Waals surface area (Å²) in [4.78, 5) is 16.6. The molecule has 0 bridgehead atoms. The van der Waals surface area contributed by atoms with Crippen LogP contribution in [0.4, 0.5) is 11.5 Å². The van der Waals surface area contributed by atoms with Gasteiger partial charge in [-0.15, -0.1) is 0 Å². The molecule has 2 heterocycles. The Labute approximate surface area is 106 Å². The molecule has 0 aliphatic carbocycles. The summed E-state index contributed by atoms with van der Waals surface area (Å²) in [5.74, 6) is 0.792. The first kappa shape index (κ1) is 12.8. The van der Waals surface area contributed by atoms with Gasteiger partial charge in [0.05, 0.1) is 11.0 Å². The first-order valence-electron chi connectivity index (χ1n) is 6.00. The molecule has 0 saturated carbocycles. The van der Waals surface area contributed by atoms with Crippen LogP contribution in [0.15, 0.2) is 12.3 Å². The van der Waals surface area contributed by atoms with E-state index in [-0.39, 0.29) is 11.8 Å². The highest BCUT2D eigenvalue weighted by molar-refractivity contribution is 5.48. The molecule has 98 valence electrons. The van der Waals surface area contributed by atoms with E-state index in [2.05, 4.69) is 9.88 Å². The van der Waals surface area contributed by atoms with Crippen molar-refractivity contribution in [1.82, 2.24) is 4.98 Å². The fraction of sp³-hybridized carbons (Fsp3) is 0.583. The van der Waals surface area contributed by atoms with Crippen molar-refractivity contribution in [3.05, 3.63) is 27.9 Å². The number of aryl methyl sites for hydroxylation is 1. The molecule has 1 aromatic rings. The van der Waals surface area contributed by atoms with E-state index in [0.29, 0.717) is 5.56 Å². The van der Waals surface area contributed by atoms with Crippen LogP contribution in [-0.4, -0.2) is 36.2 Å². The van der Waals surface area contributed by atoms with E-state index in [1.165, 1.54) is 6.20 Å². The van der Waals surface area contributed by atoms with Gasteiger partial charge < -0.3 is 9.64 Å². The second kappa shape index (κ2) is 5.30. The standard InChI is InChI=1S/C12H17N3O3/c1-9-6-12(13-7-11(9)15(16)17)14-5-3-4-10(8-14)18-2/h6-7,10H,3-5,8H2,1-2H3. The third kappa shape index (κ3) is 2.59. The van der Waals surface area contributed by atoms with Crippen LogP contribution in [0.3, 0.4) is 0 Å². The van der Waals surface area contributed by atoms with Crippen LogP contribution in [0, 0.1) is 17.0 Å². The van der Waals surface area contributed by atoms with Gasteiger partial charge in [-0.3, -0.25) is 10.1 Å². The zero-order chi connectivity index (χ0) is 13.1. The Balaban J connectivity index is 2.18. The van der Waals surface area contributed by atoms with E-state index in [1.54, 1.807) is 20.1 Å². The second-order valence-corrected chi connectivity index (χ2v) is 4.53. The Morgan fingerprint density at radius 1 is 1.61 bits per heavy atom. The van der Waals surface area contributed by atoms with Crippen LogP contribution in [0.1, 0.15) is 18.4 Å². The van der Waals surface area contributed by atoms with Crippen LogP contribution >= 0.6 is 0 Å². The first-order chi connectivity index (χ1) is 8.61. The Hall–Kier alpha value is -1.69. The molecule has 1 aliphatic rings. The van der Waals surface area contributed by atoms with Crippen LogP contribution in [0.25, 0.3) is 0 Å². The summed E-state index contributed by atoms with van der Waals surface area (Å²) >= 11 is 0. The molecule has 1 saturated heterocycles. The van der Waals surface area contributed by atoms with Crippen molar-refractivity contribution in [2.24, 2.45) is 0 Å². The quantitative estimate of drug-likeness (QED) is 0.606. The number of anilines is 1. The number of ether oxygens (including phenoxy) is 1. The molecule has 0 radical (unpaired) electrons. The van der Waals surface area contributed by atoms with Gasteiger partial charge in [-0.05, 0) is 25.8 Å². The molecular weight excluding hydrogens is 234 g/mol. The van der Waals surface area contributed by atoms with Crippen molar-refractivity contribution < 1.29 is 9.66 Å². The maximum atomic E-state index is 10.7. The largest absolute Gasteiger partial charge is 0.380 e. The number of nitro groups is 1. The molecule has 0 amide bonds. The van der Waals surface area contributed by atoms with Gasteiger partial charge in [0.25, 0.3) is 5.69 Å². The minimum atomic E-state index is -0.403. The third-order valence-electron chi connectivity index (χ3n) is 3.30. The smallest absolute Gasteiger partial charge is 0.290 e. The molecule has 0 N–H and O–H groups in total. The molecule has 1 atom stereocenters. The summed E-state index contributed by atoms with van der Waals surface area (Å²) in [6.07, 6.45) is 3.66. The maximum Gasteiger partial charge on any atom is 0.290 e. The van der Waals surface area contributed by atoms with Gasteiger partial charge in [-0.25, -0.2) is 4.98 Å². The van der Waals surface area contributed by atoms with Gasteiger partial charge in [-0.2, -0.15) is 0 Å².